The Hall–Kier alpha value is -3.27. The highest BCUT2D eigenvalue weighted by Crippen LogP contribution is 2.44. The number of aromatic nitrogens is 2. The molecule has 4 rings (SSSR count). The van der Waals surface area contributed by atoms with Crippen LogP contribution in [0.25, 0.3) is 11.5 Å². The summed E-state index contributed by atoms with van der Waals surface area (Å²) in [6.45, 7) is 1.93. The Bertz CT molecular complexity index is 1200. The first-order valence-electron chi connectivity index (χ1n) is 10.7. The summed E-state index contributed by atoms with van der Waals surface area (Å²) in [6.07, 6.45) is 1.66. The van der Waals surface area contributed by atoms with Gasteiger partial charge in [0.05, 0.1) is 5.56 Å². The van der Waals surface area contributed by atoms with E-state index in [0.29, 0.717) is 36.5 Å². The fraction of sp³-hybridized carbons (Fsp3) is 0.391. The van der Waals surface area contributed by atoms with Crippen LogP contribution in [0.2, 0.25) is 0 Å². The second-order valence-electron chi connectivity index (χ2n) is 8.09. The summed E-state index contributed by atoms with van der Waals surface area (Å²) < 4.78 is 11.4. The molecule has 0 atom stereocenters. The van der Waals surface area contributed by atoms with E-state index in [1.165, 1.54) is 12.1 Å². The minimum absolute atomic E-state index is 0.0444. The Morgan fingerprint density at radius 2 is 1.94 bits per heavy atom. The lowest BCUT2D eigenvalue weighted by Gasteiger charge is -2.35. The molecule has 0 saturated carbocycles. The highest BCUT2D eigenvalue weighted by Gasteiger charge is 2.41. The first kappa shape index (κ1) is 22.9. The monoisotopic (exact) mass is 471 g/mol. The maximum Gasteiger partial charge on any atom is 0.251 e. The van der Waals surface area contributed by atoms with Crippen molar-refractivity contribution in [1.29, 1.82) is 0 Å². The molecule has 1 aliphatic rings. The quantitative estimate of drug-likeness (QED) is 0.474. The van der Waals surface area contributed by atoms with Gasteiger partial charge in [0.25, 0.3) is 5.89 Å². The number of nitrogens with zero attached hydrogens (tertiary/aromatic N) is 2. The van der Waals surface area contributed by atoms with Crippen LogP contribution in [0, 0.1) is 6.92 Å². The first-order chi connectivity index (χ1) is 15.9. The van der Waals surface area contributed by atoms with E-state index in [2.05, 4.69) is 15.5 Å². The number of para-hydroxylation sites is 1. The van der Waals surface area contributed by atoms with E-state index in [0.717, 1.165) is 11.5 Å². The van der Waals surface area contributed by atoms with Crippen molar-refractivity contribution in [2.45, 2.75) is 38.0 Å². The zero-order chi connectivity index (χ0) is 23.4. The molecule has 3 N–H and O–H groups in total. The van der Waals surface area contributed by atoms with Crippen molar-refractivity contribution >= 4 is 17.7 Å². The molecule has 10 heteroatoms. The van der Waals surface area contributed by atoms with Crippen LogP contribution in [-0.2, 0) is 16.6 Å². The maximum atomic E-state index is 12.8. The molecule has 0 aliphatic carbocycles. The number of aryl methyl sites for hydroxylation is 1. The zero-order valence-electron chi connectivity index (χ0n) is 18.2. The fourth-order valence-electron chi connectivity index (χ4n) is 4.01. The van der Waals surface area contributed by atoms with E-state index in [4.69, 9.17) is 8.83 Å². The summed E-state index contributed by atoms with van der Waals surface area (Å²) >= 11 is 1.77. The molecule has 0 spiro atoms. The fourth-order valence-corrected chi connectivity index (χ4v) is 5.28. The van der Waals surface area contributed by atoms with Gasteiger partial charge in [-0.1, -0.05) is 12.1 Å². The predicted octanol–water partition coefficient (Wildman–Crippen LogP) is 2.92. The Balaban J connectivity index is 1.41. The third kappa shape index (κ3) is 5.05. The van der Waals surface area contributed by atoms with Crippen molar-refractivity contribution in [1.82, 2.24) is 15.5 Å². The normalized spacial score (nSPS) is 15.3. The van der Waals surface area contributed by atoms with Crippen LogP contribution in [0.15, 0.2) is 44.0 Å². The number of thioether (sulfide) groups is 1. The molecule has 33 heavy (non-hydrogen) atoms. The van der Waals surface area contributed by atoms with Crippen molar-refractivity contribution in [3.63, 3.8) is 0 Å². The molecule has 2 aromatic heterocycles. The van der Waals surface area contributed by atoms with Gasteiger partial charge in [-0.25, -0.2) is 0 Å². The van der Waals surface area contributed by atoms with E-state index in [-0.39, 0.29) is 36.3 Å². The standard InChI is InChI=1S/C23H25N3O6S/c1-14-12-17(28)20(30)21(31-14)23(7-10-33-11-8-23)13-18(29)24-9-6-19-25-26-22(32-19)15-4-2-3-5-16(15)27/h2-5,12,27,30H,6-11,13H2,1H3,(H,24,29). The largest absolute Gasteiger partial charge is 0.507 e. The first-order valence-corrected chi connectivity index (χ1v) is 11.8. The Kier molecular flexibility index (Phi) is 6.73. The lowest BCUT2D eigenvalue weighted by molar-refractivity contribution is -0.122. The number of benzene rings is 1. The second kappa shape index (κ2) is 9.70. The maximum absolute atomic E-state index is 12.8. The molecular weight excluding hydrogens is 446 g/mol. The molecule has 3 aromatic rings. The summed E-state index contributed by atoms with van der Waals surface area (Å²) in [4.78, 5) is 24.9. The minimum atomic E-state index is -0.729. The number of carbonyl (C=O) groups excluding carboxylic acids is 1. The Morgan fingerprint density at radius 3 is 2.70 bits per heavy atom. The number of hydrogen-bond donors (Lipinski definition) is 3. The van der Waals surface area contributed by atoms with Gasteiger partial charge in [0.15, 0.2) is 5.76 Å². The SMILES string of the molecule is Cc1cc(=O)c(O)c(C2(CC(=O)NCCc3nnc(-c4ccccc4O)o3)CCSCC2)o1. The van der Waals surface area contributed by atoms with Crippen molar-refractivity contribution in [3.8, 4) is 23.0 Å². The predicted molar refractivity (Wildman–Crippen MR) is 122 cm³/mol. The van der Waals surface area contributed by atoms with Gasteiger partial charge in [0, 0.05) is 30.9 Å². The van der Waals surface area contributed by atoms with E-state index in [9.17, 15) is 19.8 Å². The highest BCUT2D eigenvalue weighted by atomic mass is 32.2. The number of carbonyl (C=O) groups is 1. The summed E-state index contributed by atoms with van der Waals surface area (Å²) in [5.74, 6) is 2.17. The average molecular weight is 472 g/mol. The third-order valence-electron chi connectivity index (χ3n) is 5.74. The van der Waals surface area contributed by atoms with Crippen LogP contribution in [-0.4, -0.2) is 44.4 Å². The number of rotatable bonds is 7. The van der Waals surface area contributed by atoms with Gasteiger partial charge in [-0.3, -0.25) is 9.59 Å². The summed E-state index contributed by atoms with van der Waals surface area (Å²) in [7, 11) is 0. The lowest BCUT2D eigenvalue weighted by Crippen LogP contribution is -2.39. The number of nitrogens with one attached hydrogen (secondary N) is 1. The van der Waals surface area contributed by atoms with Crippen LogP contribution in [0.1, 0.15) is 36.7 Å². The Labute approximate surface area is 194 Å². The molecule has 1 aliphatic heterocycles. The molecule has 174 valence electrons. The molecule has 9 nitrogen and oxygen atoms in total. The highest BCUT2D eigenvalue weighted by molar-refractivity contribution is 7.99. The number of aromatic hydroxyl groups is 2. The van der Waals surface area contributed by atoms with Gasteiger partial charge in [0.2, 0.25) is 23.0 Å². The summed E-state index contributed by atoms with van der Waals surface area (Å²) in [5, 5.41) is 31.1. The van der Waals surface area contributed by atoms with Crippen molar-refractivity contribution in [2.75, 3.05) is 18.1 Å². The van der Waals surface area contributed by atoms with Crippen LogP contribution in [0.3, 0.4) is 0 Å². The van der Waals surface area contributed by atoms with Gasteiger partial charge in [-0.15, -0.1) is 10.2 Å². The van der Waals surface area contributed by atoms with Gasteiger partial charge in [-0.2, -0.15) is 11.8 Å². The third-order valence-corrected chi connectivity index (χ3v) is 6.72. The molecule has 0 unspecified atom stereocenters. The van der Waals surface area contributed by atoms with Gasteiger partial charge in [-0.05, 0) is 43.4 Å². The van der Waals surface area contributed by atoms with Crippen LogP contribution >= 0.6 is 11.8 Å². The van der Waals surface area contributed by atoms with Gasteiger partial charge in [0.1, 0.15) is 11.5 Å². The minimum Gasteiger partial charge on any atom is -0.507 e. The molecular formula is C23H25N3O6S. The number of phenolic OH excluding ortho intramolecular Hbond substituents is 1. The van der Waals surface area contributed by atoms with E-state index < -0.39 is 16.6 Å². The lowest BCUT2D eigenvalue weighted by atomic mass is 9.75. The van der Waals surface area contributed by atoms with E-state index >= 15 is 0 Å². The second-order valence-corrected chi connectivity index (χ2v) is 9.31. The number of amides is 1. The van der Waals surface area contributed by atoms with Crippen molar-refractivity contribution in [2.24, 2.45) is 0 Å². The molecule has 0 bridgehead atoms. The molecule has 1 aromatic carbocycles. The molecule has 3 heterocycles. The van der Waals surface area contributed by atoms with E-state index in [1.807, 2.05) is 0 Å². The smallest absolute Gasteiger partial charge is 0.251 e. The van der Waals surface area contributed by atoms with E-state index in [1.54, 1.807) is 36.9 Å². The molecule has 1 amide bonds. The Morgan fingerprint density at radius 1 is 1.18 bits per heavy atom. The zero-order valence-corrected chi connectivity index (χ0v) is 19.0. The van der Waals surface area contributed by atoms with Crippen LogP contribution in [0.5, 0.6) is 11.5 Å². The average Bonchev–Trinajstić information content (AvgIpc) is 3.25. The van der Waals surface area contributed by atoms with Crippen LogP contribution in [0.4, 0.5) is 0 Å². The molecule has 1 fully saturated rings. The van der Waals surface area contributed by atoms with Crippen LogP contribution < -0.4 is 10.7 Å². The van der Waals surface area contributed by atoms with Gasteiger partial charge >= 0.3 is 0 Å². The van der Waals surface area contributed by atoms with Gasteiger partial charge < -0.3 is 24.4 Å². The summed E-state index contributed by atoms with van der Waals surface area (Å²) in [6, 6.07) is 7.92. The van der Waals surface area contributed by atoms with Crippen molar-refractivity contribution in [3.05, 3.63) is 58.0 Å². The molecule has 1 saturated heterocycles. The molecule has 0 radical (unpaired) electrons. The van der Waals surface area contributed by atoms with Crippen molar-refractivity contribution < 1.29 is 23.8 Å². The number of hydrogen-bond acceptors (Lipinski definition) is 9. The summed E-state index contributed by atoms with van der Waals surface area (Å²) in [5.41, 5.74) is -0.784. The topological polar surface area (TPSA) is 139 Å². The number of phenols is 1.